The lowest BCUT2D eigenvalue weighted by molar-refractivity contribution is 0.0599. The number of benzene rings is 3. The molecule has 0 bridgehead atoms. The zero-order valence-electron chi connectivity index (χ0n) is 24.5. The van der Waals surface area contributed by atoms with Crippen LogP contribution in [-0.4, -0.2) is 89.8 Å². The smallest absolute Gasteiger partial charge is 0.319 e. The molecule has 0 unspecified atom stereocenters. The van der Waals surface area contributed by atoms with Crippen LogP contribution >= 0.6 is 0 Å². The van der Waals surface area contributed by atoms with E-state index in [0.717, 1.165) is 13.0 Å². The van der Waals surface area contributed by atoms with E-state index in [2.05, 4.69) is 0 Å². The zero-order valence-corrected chi connectivity index (χ0v) is 24.5. The number of phenolic OH excluding ortho intramolecular Hbond substituents is 2. The zero-order chi connectivity index (χ0) is 30.6. The Balaban J connectivity index is 1.82. The second kappa shape index (κ2) is 13.2. The fourth-order valence-corrected chi connectivity index (χ4v) is 5.83. The number of piperidine rings is 1. The summed E-state index contributed by atoms with van der Waals surface area (Å²) >= 11 is 0. The van der Waals surface area contributed by atoms with Gasteiger partial charge >= 0.3 is 6.03 Å². The van der Waals surface area contributed by atoms with Gasteiger partial charge in [0.1, 0.15) is 17.3 Å². The van der Waals surface area contributed by atoms with E-state index in [4.69, 9.17) is 0 Å². The largest absolute Gasteiger partial charge is 0.508 e. The quantitative estimate of drug-likeness (QED) is 0.351. The van der Waals surface area contributed by atoms with E-state index in [9.17, 15) is 29.0 Å². The number of nitrogens with zero attached hydrogens (tertiary/aromatic N) is 3. The van der Waals surface area contributed by atoms with Gasteiger partial charge in [-0.05, 0) is 75.4 Å². The van der Waals surface area contributed by atoms with Gasteiger partial charge in [-0.1, -0.05) is 36.4 Å². The molecule has 2 atom stereocenters. The molecule has 0 saturated carbocycles. The molecule has 9 heteroatoms. The molecule has 2 N–H and O–H groups in total. The number of hydrogen-bond donors (Lipinski definition) is 2. The van der Waals surface area contributed by atoms with E-state index in [1.165, 1.54) is 35.2 Å². The Morgan fingerprint density at radius 2 is 1.36 bits per heavy atom. The molecule has 8 nitrogen and oxygen atoms in total. The van der Waals surface area contributed by atoms with Gasteiger partial charge in [0.15, 0.2) is 11.6 Å². The van der Waals surface area contributed by atoms with E-state index in [0.29, 0.717) is 17.7 Å². The maximum absolute atomic E-state index is 14.9. The molecule has 0 radical (unpaired) electrons. The minimum absolute atomic E-state index is 0.00971. The van der Waals surface area contributed by atoms with Crippen molar-refractivity contribution in [3.63, 3.8) is 0 Å². The summed E-state index contributed by atoms with van der Waals surface area (Å²) in [7, 11) is 5.60. The van der Waals surface area contributed by atoms with Gasteiger partial charge in [0.25, 0.3) is 0 Å². The van der Waals surface area contributed by atoms with E-state index < -0.39 is 23.6 Å². The fourth-order valence-electron chi connectivity index (χ4n) is 5.83. The molecule has 0 spiro atoms. The van der Waals surface area contributed by atoms with E-state index >= 15 is 0 Å². The molecule has 1 aliphatic heterocycles. The van der Waals surface area contributed by atoms with Crippen LogP contribution < -0.4 is 0 Å². The van der Waals surface area contributed by atoms with E-state index in [1.54, 1.807) is 55.3 Å². The van der Waals surface area contributed by atoms with Crippen LogP contribution in [0.3, 0.4) is 0 Å². The molecule has 4 rings (SSSR count). The molecule has 1 aliphatic rings. The highest BCUT2D eigenvalue weighted by molar-refractivity contribution is 6.03. The van der Waals surface area contributed by atoms with Crippen molar-refractivity contribution >= 4 is 17.6 Å². The van der Waals surface area contributed by atoms with Crippen LogP contribution in [0.5, 0.6) is 11.5 Å². The summed E-state index contributed by atoms with van der Waals surface area (Å²) in [5, 5.41) is 20.2. The van der Waals surface area contributed by atoms with Crippen LogP contribution in [0.1, 0.15) is 44.2 Å². The third-order valence-electron chi connectivity index (χ3n) is 8.00. The highest BCUT2D eigenvalue weighted by Gasteiger charge is 2.47. The van der Waals surface area contributed by atoms with Gasteiger partial charge in [0.2, 0.25) is 0 Å². The lowest BCUT2D eigenvalue weighted by atomic mass is 9.68. The number of ketones is 2. The Morgan fingerprint density at radius 1 is 0.833 bits per heavy atom. The Hall–Kier alpha value is -4.24. The van der Waals surface area contributed by atoms with Crippen molar-refractivity contribution in [1.29, 1.82) is 0 Å². The highest BCUT2D eigenvalue weighted by Crippen LogP contribution is 2.43. The third-order valence-corrected chi connectivity index (χ3v) is 8.00. The van der Waals surface area contributed by atoms with Gasteiger partial charge in [0, 0.05) is 55.6 Å². The first kappa shape index (κ1) is 30.7. The summed E-state index contributed by atoms with van der Waals surface area (Å²) in [6.45, 7) is 2.91. The molecule has 3 aromatic rings. The summed E-state index contributed by atoms with van der Waals surface area (Å²) in [5.41, 5.74) is 1.30. The predicted molar refractivity (Wildman–Crippen MR) is 159 cm³/mol. The second-order valence-electron chi connectivity index (χ2n) is 11.3. The third kappa shape index (κ3) is 6.79. The molecule has 2 amide bonds. The predicted octanol–water partition coefficient (Wildman–Crippen LogP) is 4.95. The van der Waals surface area contributed by atoms with Crippen molar-refractivity contribution in [2.75, 3.05) is 47.3 Å². The molecule has 0 aliphatic carbocycles. The van der Waals surface area contributed by atoms with E-state index in [-0.39, 0.29) is 53.3 Å². The molecular weight excluding hydrogens is 537 g/mol. The minimum Gasteiger partial charge on any atom is -0.508 e. The number of amides is 2. The Labute approximate surface area is 246 Å². The number of urea groups is 1. The monoisotopic (exact) mass is 575 g/mol. The Morgan fingerprint density at radius 3 is 1.86 bits per heavy atom. The van der Waals surface area contributed by atoms with Gasteiger partial charge in [-0.25, -0.2) is 9.18 Å². The topological polar surface area (TPSA) is 101 Å². The van der Waals surface area contributed by atoms with Gasteiger partial charge < -0.3 is 24.9 Å². The summed E-state index contributed by atoms with van der Waals surface area (Å²) in [6.07, 6.45) is 0.742. The summed E-state index contributed by atoms with van der Waals surface area (Å²) in [4.78, 5) is 47.2. The molecule has 1 heterocycles. The number of aromatic hydroxyl groups is 2. The van der Waals surface area contributed by atoms with E-state index in [1.807, 2.05) is 19.0 Å². The first-order valence-electron chi connectivity index (χ1n) is 14.0. The number of phenols is 2. The molecule has 222 valence electrons. The van der Waals surface area contributed by atoms with Crippen molar-refractivity contribution in [3.8, 4) is 11.5 Å². The number of halogens is 1. The fraction of sp³-hybridized carbons (Fsp3) is 0.364. The number of hydrogen-bond acceptors (Lipinski definition) is 6. The normalized spacial score (nSPS) is 17.3. The average molecular weight is 576 g/mol. The van der Waals surface area contributed by atoms with Crippen molar-refractivity contribution in [1.82, 2.24) is 14.7 Å². The average Bonchev–Trinajstić information content (AvgIpc) is 2.96. The SMILES string of the molecule is Cc1c(F)cccc1C1[C@@H](C(=O)c2cccc(O)c2)CN(C(=O)N(C)CCCN(C)C)C[C@@H]1C(=O)c1cccc(O)c1. The minimum atomic E-state index is -0.911. The van der Waals surface area contributed by atoms with Gasteiger partial charge in [-0.15, -0.1) is 0 Å². The first-order valence-corrected chi connectivity index (χ1v) is 14.0. The van der Waals surface area contributed by atoms with Crippen LogP contribution in [0.25, 0.3) is 0 Å². The van der Waals surface area contributed by atoms with Gasteiger partial charge in [-0.3, -0.25) is 9.59 Å². The molecule has 3 aromatic carbocycles. The van der Waals surface area contributed by atoms with Crippen molar-refractivity contribution in [2.24, 2.45) is 11.8 Å². The standard InChI is InChI=1S/C33H38FN3O5/c1-21-26(13-7-14-29(21)34)30-27(31(40)22-9-5-11-24(38)17-22)19-37(33(42)36(4)16-8-15-35(2)3)20-28(30)32(41)23-10-6-12-25(39)18-23/h5-7,9-14,17-18,27-28,30,38-39H,8,15-16,19-20H2,1-4H3/t27-,28-/m0/s1. The molecule has 42 heavy (non-hydrogen) atoms. The number of Topliss-reactive ketones (excluding diaryl/α,β-unsaturated/α-hetero) is 2. The van der Waals surface area contributed by atoms with Crippen molar-refractivity contribution in [3.05, 3.63) is 94.8 Å². The van der Waals surface area contributed by atoms with Crippen LogP contribution in [0.2, 0.25) is 0 Å². The van der Waals surface area contributed by atoms with Crippen molar-refractivity contribution in [2.45, 2.75) is 19.3 Å². The highest BCUT2D eigenvalue weighted by atomic mass is 19.1. The van der Waals surface area contributed by atoms with Crippen LogP contribution in [0.15, 0.2) is 66.7 Å². The molecule has 1 fully saturated rings. The maximum Gasteiger partial charge on any atom is 0.319 e. The number of likely N-dealkylation sites (tertiary alicyclic amines) is 1. The van der Waals surface area contributed by atoms with Crippen LogP contribution in [-0.2, 0) is 0 Å². The van der Waals surface area contributed by atoms with Crippen LogP contribution in [0.4, 0.5) is 9.18 Å². The molecule has 1 saturated heterocycles. The number of carbonyl (C=O) groups excluding carboxylic acids is 3. The molecule has 0 aromatic heterocycles. The number of rotatable bonds is 9. The van der Waals surface area contributed by atoms with Gasteiger partial charge in [-0.2, -0.15) is 0 Å². The lowest BCUT2D eigenvalue weighted by Gasteiger charge is -2.44. The Bertz CT molecular complexity index is 1390. The molecular formula is C33H38FN3O5. The summed E-state index contributed by atoms with van der Waals surface area (Å²) < 4.78 is 14.9. The Kier molecular flexibility index (Phi) is 9.63. The maximum atomic E-state index is 14.9. The lowest BCUT2D eigenvalue weighted by Crippen LogP contribution is -2.55. The number of carbonyl (C=O) groups is 3. The van der Waals surface area contributed by atoms with Crippen molar-refractivity contribution < 1.29 is 29.0 Å². The summed E-state index contributed by atoms with van der Waals surface area (Å²) in [6, 6.07) is 16.2. The summed E-state index contributed by atoms with van der Waals surface area (Å²) in [5.74, 6) is -3.95. The van der Waals surface area contributed by atoms with Gasteiger partial charge in [0.05, 0.1) is 0 Å². The second-order valence-corrected chi connectivity index (χ2v) is 11.3. The van der Waals surface area contributed by atoms with Crippen LogP contribution in [0, 0.1) is 24.6 Å². The first-order chi connectivity index (χ1) is 20.0.